The molecule has 12 heteroatoms. The van der Waals surface area contributed by atoms with Gasteiger partial charge in [0.15, 0.2) is 11.0 Å². The lowest BCUT2D eigenvalue weighted by molar-refractivity contribution is -0.130. The van der Waals surface area contributed by atoms with Crippen LogP contribution in [0.25, 0.3) is 0 Å². The largest absolute Gasteiger partial charge is 0.497 e. The fourth-order valence-corrected chi connectivity index (χ4v) is 6.51. The Morgan fingerprint density at radius 3 is 2.58 bits per heavy atom. The Bertz CT molecular complexity index is 1810. The van der Waals surface area contributed by atoms with Crippen molar-refractivity contribution < 1.29 is 18.7 Å². The number of methoxy groups -OCH3 is 1. The number of nitrogens with one attached hydrogen (secondary N) is 1. The summed E-state index contributed by atoms with van der Waals surface area (Å²) in [4.78, 5) is 27.5. The molecular weight excluding hydrogens is 612 g/mol. The van der Waals surface area contributed by atoms with Crippen LogP contribution < -0.4 is 10.1 Å². The fourth-order valence-electron chi connectivity index (χ4n) is 4.98. The minimum Gasteiger partial charge on any atom is -0.497 e. The van der Waals surface area contributed by atoms with Gasteiger partial charge in [-0.3, -0.25) is 9.59 Å². The number of aromatic nitrogens is 3. The Morgan fingerprint density at radius 1 is 1.02 bits per heavy atom. The summed E-state index contributed by atoms with van der Waals surface area (Å²) in [7, 11) is 1.62. The molecule has 5 aromatic rings. The molecule has 2 amide bonds. The molecule has 228 valence electrons. The van der Waals surface area contributed by atoms with Crippen LogP contribution in [0.1, 0.15) is 44.6 Å². The van der Waals surface area contributed by atoms with Crippen LogP contribution in [0.4, 0.5) is 4.39 Å². The van der Waals surface area contributed by atoms with Gasteiger partial charge < -0.3 is 14.6 Å². The summed E-state index contributed by atoms with van der Waals surface area (Å²) in [6.07, 6.45) is 0.600. The van der Waals surface area contributed by atoms with Gasteiger partial charge >= 0.3 is 0 Å². The van der Waals surface area contributed by atoms with Crippen LogP contribution >= 0.6 is 23.1 Å². The Kier molecular flexibility index (Phi) is 9.32. The molecule has 45 heavy (non-hydrogen) atoms. The maximum Gasteiger partial charge on any atom is 0.253 e. The van der Waals surface area contributed by atoms with E-state index in [4.69, 9.17) is 9.84 Å². The Labute approximate surface area is 267 Å². The maximum atomic E-state index is 13.7. The van der Waals surface area contributed by atoms with Gasteiger partial charge in [-0.25, -0.2) is 9.40 Å². The van der Waals surface area contributed by atoms with Crippen LogP contribution in [0.15, 0.2) is 107 Å². The predicted octanol–water partition coefficient (Wildman–Crippen LogP) is 5.94. The third-order valence-corrected chi connectivity index (χ3v) is 9.14. The van der Waals surface area contributed by atoms with E-state index in [2.05, 4.69) is 15.5 Å². The molecule has 0 bridgehead atoms. The van der Waals surface area contributed by atoms with E-state index in [1.807, 2.05) is 76.7 Å². The lowest BCUT2D eigenvalue weighted by atomic mass is 10.0. The molecule has 2 aromatic heterocycles. The number of hydrogen-bond donors (Lipinski definition) is 1. The van der Waals surface area contributed by atoms with Crippen LogP contribution in [0.2, 0.25) is 0 Å². The Hall–Kier alpha value is -4.81. The summed E-state index contributed by atoms with van der Waals surface area (Å²) in [5.74, 6) is 0.251. The number of hydrazone groups is 1. The molecule has 1 atom stereocenters. The minimum atomic E-state index is -0.489. The maximum absolute atomic E-state index is 13.7. The van der Waals surface area contributed by atoms with Gasteiger partial charge in [0.1, 0.15) is 11.6 Å². The van der Waals surface area contributed by atoms with Gasteiger partial charge in [0.25, 0.3) is 11.8 Å². The first-order valence-electron chi connectivity index (χ1n) is 14.2. The van der Waals surface area contributed by atoms with Crippen molar-refractivity contribution in [1.82, 2.24) is 25.1 Å². The number of thioether (sulfide) groups is 1. The van der Waals surface area contributed by atoms with Crippen molar-refractivity contribution in [3.63, 3.8) is 0 Å². The number of nitrogens with zero attached hydrogens (tertiary/aromatic N) is 5. The van der Waals surface area contributed by atoms with Crippen molar-refractivity contribution in [3.05, 3.63) is 130 Å². The van der Waals surface area contributed by atoms with E-state index in [9.17, 15) is 14.0 Å². The average Bonchev–Trinajstić information content (AvgIpc) is 3.84. The topological polar surface area (TPSA) is 102 Å². The van der Waals surface area contributed by atoms with Crippen molar-refractivity contribution in [2.45, 2.75) is 30.7 Å². The lowest BCUT2D eigenvalue weighted by Crippen LogP contribution is -2.28. The highest BCUT2D eigenvalue weighted by atomic mass is 32.2. The van der Waals surface area contributed by atoms with E-state index in [-0.39, 0.29) is 29.8 Å². The summed E-state index contributed by atoms with van der Waals surface area (Å²) in [6.45, 7) is 0.512. The first kappa shape index (κ1) is 30.2. The molecule has 0 radical (unpaired) electrons. The highest BCUT2D eigenvalue weighted by Gasteiger charge is 2.33. The number of hydrogen-bond acceptors (Lipinski definition) is 8. The van der Waals surface area contributed by atoms with Crippen molar-refractivity contribution in [2.75, 3.05) is 12.9 Å². The molecule has 9 nitrogen and oxygen atoms in total. The number of thiophene rings is 1. The zero-order valence-electron chi connectivity index (χ0n) is 24.3. The quantitative estimate of drug-likeness (QED) is 0.180. The Morgan fingerprint density at radius 2 is 1.84 bits per heavy atom. The molecule has 1 aliphatic heterocycles. The molecular formula is C33H29FN6O3S2. The molecule has 1 aliphatic rings. The van der Waals surface area contributed by atoms with Crippen LogP contribution in [-0.2, 0) is 17.9 Å². The van der Waals surface area contributed by atoms with Crippen molar-refractivity contribution in [2.24, 2.45) is 5.10 Å². The van der Waals surface area contributed by atoms with Gasteiger partial charge in [-0.15, -0.1) is 21.5 Å². The lowest BCUT2D eigenvalue weighted by Gasteiger charge is -2.22. The van der Waals surface area contributed by atoms with E-state index in [1.54, 1.807) is 29.5 Å². The summed E-state index contributed by atoms with van der Waals surface area (Å²) in [6, 6.07) is 26.7. The molecule has 3 aromatic carbocycles. The molecule has 6 rings (SSSR count). The first-order chi connectivity index (χ1) is 22.0. The third-order valence-electron chi connectivity index (χ3n) is 7.27. The highest BCUT2D eigenvalue weighted by Crippen LogP contribution is 2.35. The number of benzene rings is 3. The molecule has 0 saturated heterocycles. The third kappa shape index (κ3) is 7.13. The van der Waals surface area contributed by atoms with Crippen LogP contribution in [0, 0.1) is 5.82 Å². The van der Waals surface area contributed by atoms with E-state index >= 15 is 0 Å². The molecule has 0 fully saturated rings. The van der Waals surface area contributed by atoms with Gasteiger partial charge in [0.05, 0.1) is 42.6 Å². The number of rotatable bonds is 11. The van der Waals surface area contributed by atoms with Gasteiger partial charge in [0, 0.05) is 12.0 Å². The zero-order valence-corrected chi connectivity index (χ0v) is 25.9. The average molecular weight is 641 g/mol. The number of amides is 2. The second-order valence-corrected chi connectivity index (χ2v) is 12.1. The zero-order chi connectivity index (χ0) is 31.2. The van der Waals surface area contributed by atoms with E-state index in [0.29, 0.717) is 23.9 Å². The van der Waals surface area contributed by atoms with Gasteiger partial charge in [0.2, 0.25) is 0 Å². The normalized spacial score (nSPS) is 14.3. The first-order valence-corrected chi connectivity index (χ1v) is 16.0. The van der Waals surface area contributed by atoms with Gasteiger partial charge in [-0.1, -0.05) is 66.4 Å². The van der Waals surface area contributed by atoms with Crippen molar-refractivity contribution >= 4 is 40.6 Å². The highest BCUT2D eigenvalue weighted by molar-refractivity contribution is 7.99. The number of carbonyl (C=O) groups excluding carboxylic acids is 2. The second-order valence-electron chi connectivity index (χ2n) is 10.2. The van der Waals surface area contributed by atoms with Crippen LogP contribution in [0.3, 0.4) is 0 Å². The Balaban J connectivity index is 1.21. The number of ether oxygens (including phenoxy) is 1. The van der Waals surface area contributed by atoms with Gasteiger partial charge in [-0.2, -0.15) is 5.10 Å². The van der Waals surface area contributed by atoms with Crippen LogP contribution in [0.5, 0.6) is 5.75 Å². The smallest absolute Gasteiger partial charge is 0.253 e. The van der Waals surface area contributed by atoms with Gasteiger partial charge in [-0.05, 0) is 52.9 Å². The van der Waals surface area contributed by atoms with E-state index in [0.717, 1.165) is 27.5 Å². The summed E-state index contributed by atoms with van der Waals surface area (Å²) < 4.78 is 20.9. The van der Waals surface area contributed by atoms with Crippen molar-refractivity contribution in [1.29, 1.82) is 0 Å². The monoisotopic (exact) mass is 640 g/mol. The molecule has 1 N–H and O–H groups in total. The van der Waals surface area contributed by atoms with E-state index in [1.165, 1.54) is 30.0 Å². The summed E-state index contributed by atoms with van der Waals surface area (Å²) in [5.41, 5.74) is 3.05. The van der Waals surface area contributed by atoms with E-state index < -0.39 is 11.7 Å². The molecule has 0 unspecified atom stereocenters. The predicted molar refractivity (Wildman–Crippen MR) is 172 cm³/mol. The SMILES string of the molecule is COc1ccc([C@H]2CC(c3cccs3)=NN2C(=O)CSc2nnc(CNC(=O)c3cccc(F)c3)n2Cc2ccccc2)cc1. The standard InChI is InChI=1S/C33H29FN6O3S2/c1-43-26-14-12-23(13-15-26)28-18-27(29-11-6-16-44-29)38-40(28)31(41)21-45-33-37-36-30(39(33)20-22-7-3-2-4-8-22)19-35-32(42)24-9-5-10-25(34)17-24/h2-17,28H,18-21H2,1H3,(H,35,42)/t28-/m1/s1. The summed E-state index contributed by atoms with van der Waals surface area (Å²) >= 11 is 2.86. The minimum absolute atomic E-state index is 0.0732. The molecule has 0 aliphatic carbocycles. The molecule has 0 saturated carbocycles. The number of carbonyl (C=O) groups is 2. The summed E-state index contributed by atoms with van der Waals surface area (Å²) in [5, 5.41) is 20.4. The second kappa shape index (κ2) is 13.9. The fraction of sp³-hybridized carbons (Fsp3) is 0.182. The van der Waals surface area contributed by atoms with Crippen molar-refractivity contribution in [3.8, 4) is 5.75 Å². The molecule has 0 spiro atoms. The molecule has 3 heterocycles. The van der Waals surface area contributed by atoms with Crippen LogP contribution in [-0.4, -0.2) is 50.2 Å². The number of halogens is 1.